The zero-order chi connectivity index (χ0) is 13.2. The quantitative estimate of drug-likeness (QED) is 0.697. The fraction of sp³-hybridized carbons (Fsp3) is 0.467. The van der Waals surface area contributed by atoms with Gasteiger partial charge in [0.1, 0.15) is 0 Å². The Morgan fingerprint density at radius 3 is 1.94 bits per heavy atom. The first-order chi connectivity index (χ1) is 7.82. The number of allylic oxidation sites excluding steroid dienone is 1. The maximum Gasteiger partial charge on any atom is 0.159 e. The monoisotopic (exact) mass is 238 g/mol. The second-order valence-corrected chi connectivity index (χ2v) is 5.08. The van der Waals surface area contributed by atoms with E-state index in [0.717, 1.165) is 11.1 Å². The molecule has 0 aromatic heterocycles. The van der Waals surface area contributed by atoms with Crippen LogP contribution in [-0.2, 0) is 0 Å². The minimum atomic E-state index is -0.784. The van der Waals surface area contributed by atoms with Gasteiger partial charge >= 0.3 is 0 Å². The van der Waals surface area contributed by atoms with E-state index in [1.165, 1.54) is 17.7 Å². The van der Waals surface area contributed by atoms with Gasteiger partial charge in [-0.05, 0) is 42.0 Å². The van der Waals surface area contributed by atoms with Crippen molar-refractivity contribution in [2.45, 2.75) is 34.6 Å². The molecule has 0 radical (unpaired) electrons. The summed E-state index contributed by atoms with van der Waals surface area (Å²) < 4.78 is 26.2. The Morgan fingerprint density at radius 2 is 1.47 bits per heavy atom. The van der Waals surface area contributed by atoms with Crippen molar-refractivity contribution in [3.8, 4) is 0 Å². The van der Waals surface area contributed by atoms with Crippen LogP contribution in [0.25, 0.3) is 6.08 Å². The van der Waals surface area contributed by atoms with Crippen molar-refractivity contribution in [3.63, 3.8) is 0 Å². The third-order valence-electron chi connectivity index (χ3n) is 2.96. The molecule has 1 aromatic carbocycles. The van der Waals surface area contributed by atoms with Crippen LogP contribution in [0.2, 0.25) is 0 Å². The molecule has 0 nitrogen and oxygen atoms in total. The molecule has 0 unspecified atom stereocenters. The van der Waals surface area contributed by atoms with Crippen molar-refractivity contribution in [1.29, 1.82) is 0 Å². The van der Waals surface area contributed by atoms with E-state index in [4.69, 9.17) is 0 Å². The van der Waals surface area contributed by atoms with Crippen molar-refractivity contribution >= 4 is 6.08 Å². The topological polar surface area (TPSA) is 0 Å². The summed E-state index contributed by atoms with van der Waals surface area (Å²) in [6, 6.07) is 2.52. The number of aryl methyl sites for hydroxylation is 1. The van der Waals surface area contributed by atoms with E-state index in [2.05, 4.69) is 27.7 Å². The molecule has 0 spiro atoms. The molecule has 2 heteroatoms. The Kier molecular flexibility index (Phi) is 4.44. The van der Waals surface area contributed by atoms with Crippen LogP contribution in [-0.4, -0.2) is 0 Å². The van der Waals surface area contributed by atoms with Gasteiger partial charge in [0.15, 0.2) is 11.6 Å². The van der Waals surface area contributed by atoms with Gasteiger partial charge in [-0.25, -0.2) is 8.78 Å². The highest BCUT2D eigenvalue weighted by Gasteiger charge is 2.10. The molecule has 17 heavy (non-hydrogen) atoms. The molecule has 94 valence electrons. The van der Waals surface area contributed by atoms with Crippen LogP contribution in [0.1, 0.15) is 38.8 Å². The van der Waals surface area contributed by atoms with Crippen molar-refractivity contribution < 1.29 is 8.78 Å². The average Bonchev–Trinajstić information content (AvgIpc) is 2.20. The molecular formula is C15H20F2. The first-order valence-corrected chi connectivity index (χ1v) is 6.00. The number of rotatable bonds is 3. The summed E-state index contributed by atoms with van der Waals surface area (Å²) in [6.45, 7) is 10.2. The van der Waals surface area contributed by atoms with Gasteiger partial charge in [0.05, 0.1) is 0 Å². The summed E-state index contributed by atoms with van der Waals surface area (Å²) in [6.07, 6.45) is 1.98. The first kappa shape index (κ1) is 13.9. The van der Waals surface area contributed by atoms with Crippen molar-refractivity contribution in [1.82, 2.24) is 0 Å². The molecule has 0 atom stereocenters. The van der Waals surface area contributed by atoms with Crippen LogP contribution in [0.4, 0.5) is 8.78 Å². The maximum atomic E-state index is 13.2. The molecule has 0 saturated carbocycles. The van der Waals surface area contributed by atoms with Gasteiger partial charge in [0, 0.05) is 0 Å². The van der Waals surface area contributed by atoms with E-state index < -0.39 is 11.6 Å². The molecule has 0 aliphatic rings. The van der Waals surface area contributed by atoms with Crippen LogP contribution >= 0.6 is 0 Å². The van der Waals surface area contributed by atoms with Crippen molar-refractivity contribution in [2.75, 3.05) is 0 Å². The van der Waals surface area contributed by atoms with Crippen LogP contribution < -0.4 is 0 Å². The van der Waals surface area contributed by atoms with E-state index in [1.54, 1.807) is 6.92 Å². The molecule has 0 amide bonds. The fourth-order valence-electron chi connectivity index (χ4n) is 2.00. The molecule has 0 heterocycles. The minimum Gasteiger partial charge on any atom is -0.204 e. The van der Waals surface area contributed by atoms with Crippen LogP contribution in [0, 0.1) is 30.4 Å². The average molecular weight is 238 g/mol. The Morgan fingerprint density at radius 1 is 1.00 bits per heavy atom. The van der Waals surface area contributed by atoms with Gasteiger partial charge in [-0.1, -0.05) is 39.3 Å². The standard InChI is InChI=1S/C15H20F2/c1-9(2)13(10(3)4)7-12-8-15(17)14(16)6-11(12)5/h6-10H,1-5H3. The molecule has 0 aliphatic heterocycles. The lowest BCUT2D eigenvalue weighted by Gasteiger charge is -2.16. The van der Waals surface area contributed by atoms with E-state index in [9.17, 15) is 8.78 Å². The molecule has 1 aromatic rings. The predicted molar refractivity (Wildman–Crippen MR) is 68.7 cm³/mol. The second kappa shape index (κ2) is 5.44. The van der Waals surface area contributed by atoms with Gasteiger partial charge in [0.25, 0.3) is 0 Å². The Bertz CT molecular complexity index is 419. The summed E-state index contributed by atoms with van der Waals surface area (Å²) >= 11 is 0. The largest absolute Gasteiger partial charge is 0.204 e. The highest BCUT2D eigenvalue weighted by molar-refractivity contribution is 5.57. The highest BCUT2D eigenvalue weighted by Crippen LogP contribution is 2.25. The second-order valence-electron chi connectivity index (χ2n) is 5.08. The molecule has 0 aliphatic carbocycles. The third-order valence-corrected chi connectivity index (χ3v) is 2.96. The lowest BCUT2D eigenvalue weighted by atomic mass is 9.90. The minimum absolute atomic E-state index is 0.405. The van der Waals surface area contributed by atoms with Crippen LogP contribution in [0.5, 0.6) is 0 Å². The Hall–Kier alpha value is -1.18. The summed E-state index contributed by atoms with van der Waals surface area (Å²) in [5.41, 5.74) is 2.78. The zero-order valence-electron chi connectivity index (χ0n) is 11.1. The molecule has 0 bridgehead atoms. The zero-order valence-corrected chi connectivity index (χ0v) is 11.1. The van der Waals surface area contributed by atoms with E-state index >= 15 is 0 Å². The lowest BCUT2D eigenvalue weighted by Crippen LogP contribution is -2.02. The highest BCUT2D eigenvalue weighted by atomic mass is 19.2. The first-order valence-electron chi connectivity index (χ1n) is 6.00. The van der Waals surface area contributed by atoms with E-state index in [1.807, 2.05) is 6.08 Å². The maximum absolute atomic E-state index is 13.2. The normalized spacial score (nSPS) is 11.1. The number of benzene rings is 1. The summed E-state index contributed by atoms with van der Waals surface area (Å²) in [5, 5.41) is 0. The van der Waals surface area contributed by atoms with Gasteiger partial charge in [-0.15, -0.1) is 0 Å². The van der Waals surface area contributed by atoms with Crippen molar-refractivity contribution in [2.24, 2.45) is 11.8 Å². The fourth-order valence-corrected chi connectivity index (χ4v) is 2.00. The van der Waals surface area contributed by atoms with Gasteiger partial charge in [0.2, 0.25) is 0 Å². The van der Waals surface area contributed by atoms with Gasteiger partial charge < -0.3 is 0 Å². The Balaban J connectivity index is 3.25. The SMILES string of the molecule is Cc1cc(F)c(F)cc1C=C(C(C)C)C(C)C. The molecule has 0 saturated heterocycles. The Labute approximate surface area is 102 Å². The number of halogens is 2. The molecule has 0 N–H and O–H groups in total. The molecular weight excluding hydrogens is 218 g/mol. The van der Waals surface area contributed by atoms with Gasteiger partial charge in [-0.2, -0.15) is 0 Å². The molecule has 0 fully saturated rings. The van der Waals surface area contributed by atoms with Gasteiger partial charge in [-0.3, -0.25) is 0 Å². The number of hydrogen-bond acceptors (Lipinski definition) is 0. The summed E-state index contributed by atoms with van der Waals surface area (Å²) in [4.78, 5) is 0. The van der Waals surface area contributed by atoms with E-state index in [-0.39, 0.29) is 0 Å². The van der Waals surface area contributed by atoms with Crippen LogP contribution in [0.15, 0.2) is 17.7 Å². The van der Waals surface area contributed by atoms with E-state index in [0.29, 0.717) is 11.8 Å². The summed E-state index contributed by atoms with van der Waals surface area (Å²) in [7, 11) is 0. The smallest absolute Gasteiger partial charge is 0.159 e. The lowest BCUT2D eigenvalue weighted by molar-refractivity contribution is 0.507. The predicted octanol–water partition coefficient (Wildman–Crippen LogP) is 4.97. The summed E-state index contributed by atoms with van der Waals surface area (Å²) in [5.74, 6) is -0.756. The number of hydrogen-bond donors (Lipinski definition) is 0. The van der Waals surface area contributed by atoms with Crippen molar-refractivity contribution in [3.05, 3.63) is 40.5 Å². The molecule has 1 rings (SSSR count). The van der Waals surface area contributed by atoms with Crippen LogP contribution in [0.3, 0.4) is 0 Å². The third kappa shape index (κ3) is 3.39.